The summed E-state index contributed by atoms with van der Waals surface area (Å²) in [6, 6.07) is 8.55. The van der Waals surface area contributed by atoms with Gasteiger partial charge in [0, 0.05) is 30.7 Å². The summed E-state index contributed by atoms with van der Waals surface area (Å²) in [5.41, 5.74) is 1.35. The van der Waals surface area contributed by atoms with Crippen LogP contribution >= 0.6 is 11.3 Å². The van der Waals surface area contributed by atoms with Crippen molar-refractivity contribution < 1.29 is 4.74 Å². The monoisotopic (exact) mass is 301 g/mol. The minimum Gasteiger partial charge on any atom is -0.383 e. The molecule has 0 saturated heterocycles. The van der Waals surface area contributed by atoms with E-state index >= 15 is 0 Å². The van der Waals surface area contributed by atoms with Crippen LogP contribution in [0.25, 0.3) is 10.1 Å². The second-order valence-electron chi connectivity index (χ2n) is 4.90. The number of aromatic nitrogens is 2. The molecule has 21 heavy (non-hydrogen) atoms. The maximum Gasteiger partial charge on any atom is 0.122 e. The molecule has 3 rings (SSSR count). The van der Waals surface area contributed by atoms with Crippen LogP contribution in [0.3, 0.4) is 0 Å². The molecule has 110 valence electrons. The van der Waals surface area contributed by atoms with Gasteiger partial charge in [0.05, 0.1) is 19.7 Å². The molecular weight excluding hydrogens is 282 g/mol. The van der Waals surface area contributed by atoms with Crippen molar-refractivity contribution in [2.24, 2.45) is 0 Å². The number of ether oxygens (including phenoxy) is 1. The number of rotatable bonds is 7. The maximum atomic E-state index is 5.04. The minimum atomic E-state index is 0.718. The third-order valence-corrected chi connectivity index (χ3v) is 4.48. The quantitative estimate of drug-likeness (QED) is 0.682. The fourth-order valence-electron chi connectivity index (χ4n) is 2.36. The summed E-state index contributed by atoms with van der Waals surface area (Å²) in [6.45, 7) is 3.18. The Morgan fingerprint density at radius 2 is 2.24 bits per heavy atom. The Morgan fingerprint density at radius 3 is 3.14 bits per heavy atom. The van der Waals surface area contributed by atoms with E-state index < -0.39 is 0 Å². The van der Waals surface area contributed by atoms with E-state index in [-0.39, 0.29) is 0 Å². The van der Waals surface area contributed by atoms with E-state index in [2.05, 4.69) is 44.5 Å². The molecule has 0 aliphatic carbocycles. The van der Waals surface area contributed by atoms with E-state index in [1.807, 2.05) is 12.4 Å². The van der Waals surface area contributed by atoms with E-state index in [4.69, 9.17) is 4.74 Å². The van der Waals surface area contributed by atoms with Gasteiger partial charge in [-0.05, 0) is 22.4 Å². The molecule has 0 fully saturated rings. The largest absolute Gasteiger partial charge is 0.383 e. The van der Waals surface area contributed by atoms with Gasteiger partial charge in [0.1, 0.15) is 5.82 Å². The molecule has 1 N–H and O–H groups in total. The van der Waals surface area contributed by atoms with E-state index in [1.54, 1.807) is 18.4 Å². The van der Waals surface area contributed by atoms with Gasteiger partial charge in [0.25, 0.3) is 0 Å². The minimum absolute atomic E-state index is 0.718. The number of fused-ring (bicyclic) bond motifs is 1. The zero-order chi connectivity index (χ0) is 14.5. The van der Waals surface area contributed by atoms with Gasteiger partial charge in [0.2, 0.25) is 0 Å². The lowest BCUT2D eigenvalue weighted by Gasteiger charge is -2.08. The van der Waals surface area contributed by atoms with E-state index in [1.165, 1.54) is 15.6 Å². The summed E-state index contributed by atoms with van der Waals surface area (Å²) in [4.78, 5) is 4.44. The number of imidazole rings is 1. The Kier molecular flexibility index (Phi) is 4.65. The summed E-state index contributed by atoms with van der Waals surface area (Å²) in [6.07, 6.45) is 3.90. The molecule has 0 radical (unpaired) electrons. The molecular formula is C16H19N3OS. The Labute approximate surface area is 128 Å². The number of thiophene rings is 1. The summed E-state index contributed by atoms with van der Waals surface area (Å²) in [5, 5.41) is 6.93. The molecule has 3 aromatic rings. The van der Waals surface area contributed by atoms with Crippen molar-refractivity contribution in [1.82, 2.24) is 14.9 Å². The molecule has 0 bridgehead atoms. The highest BCUT2D eigenvalue weighted by Crippen LogP contribution is 2.26. The van der Waals surface area contributed by atoms with Crippen LogP contribution in [0.4, 0.5) is 0 Å². The van der Waals surface area contributed by atoms with Gasteiger partial charge >= 0.3 is 0 Å². The number of nitrogens with zero attached hydrogens (tertiary/aromatic N) is 2. The zero-order valence-electron chi connectivity index (χ0n) is 12.1. The van der Waals surface area contributed by atoms with Gasteiger partial charge in [-0.3, -0.25) is 0 Å². The van der Waals surface area contributed by atoms with Crippen molar-refractivity contribution in [1.29, 1.82) is 0 Å². The lowest BCUT2D eigenvalue weighted by molar-refractivity contribution is 0.199. The Bertz CT molecular complexity index is 704. The molecule has 0 saturated carbocycles. The highest BCUT2D eigenvalue weighted by molar-refractivity contribution is 7.17. The molecule has 5 heteroatoms. The lowest BCUT2D eigenvalue weighted by Crippen LogP contribution is -2.21. The predicted octanol–water partition coefficient (Wildman–Crippen LogP) is 2.88. The van der Waals surface area contributed by atoms with Gasteiger partial charge in [0.15, 0.2) is 0 Å². The fraction of sp³-hybridized carbons (Fsp3) is 0.312. The summed E-state index contributed by atoms with van der Waals surface area (Å²) in [7, 11) is 1.71. The van der Waals surface area contributed by atoms with Crippen molar-refractivity contribution in [2.75, 3.05) is 20.3 Å². The van der Waals surface area contributed by atoms with Crippen LogP contribution in [-0.4, -0.2) is 29.8 Å². The standard InChI is InChI=1S/C16H19N3OS/c1-20-9-7-17-10-16-18-6-8-19(16)11-13-12-21-15-5-3-2-4-14(13)15/h2-6,8,12,17H,7,9-11H2,1H3. The van der Waals surface area contributed by atoms with Crippen molar-refractivity contribution >= 4 is 21.4 Å². The van der Waals surface area contributed by atoms with Crippen LogP contribution in [0.1, 0.15) is 11.4 Å². The molecule has 0 unspecified atom stereocenters. The first-order chi connectivity index (χ1) is 10.4. The van der Waals surface area contributed by atoms with Gasteiger partial charge in [-0.15, -0.1) is 11.3 Å². The zero-order valence-corrected chi connectivity index (χ0v) is 12.9. The Balaban J connectivity index is 1.72. The van der Waals surface area contributed by atoms with Gasteiger partial charge < -0.3 is 14.6 Å². The lowest BCUT2D eigenvalue weighted by atomic mass is 10.2. The molecule has 0 amide bonds. The van der Waals surface area contributed by atoms with Gasteiger partial charge in [-0.1, -0.05) is 18.2 Å². The molecule has 0 spiro atoms. The third kappa shape index (κ3) is 3.32. The molecule has 0 atom stereocenters. The smallest absolute Gasteiger partial charge is 0.122 e. The Hall–Kier alpha value is -1.69. The van der Waals surface area contributed by atoms with Crippen molar-refractivity contribution in [3.05, 3.63) is 53.4 Å². The van der Waals surface area contributed by atoms with Crippen molar-refractivity contribution in [2.45, 2.75) is 13.1 Å². The molecule has 0 aliphatic rings. The number of hydrogen-bond donors (Lipinski definition) is 1. The van der Waals surface area contributed by atoms with Crippen LogP contribution in [0.5, 0.6) is 0 Å². The highest BCUT2D eigenvalue weighted by atomic mass is 32.1. The molecule has 2 aromatic heterocycles. The summed E-state index contributed by atoms with van der Waals surface area (Å²) < 4.78 is 8.58. The molecule has 1 aromatic carbocycles. The van der Waals surface area contributed by atoms with E-state index in [0.29, 0.717) is 0 Å². The second kappa shape index (κ2) is 6.85. The average Bonchev–Trinajstić information content (AvgIpc) is 3.12. The third-order valence-electron chi connectivity index (χ3n) is 3.47. The van der Waals surface area contributed by atoms with Crippen LogP contribution in [0.2, 0.25) is 0 Å². The van der Waals surface area contributed by atoms with Gasteiger partial charge in [-0.25, -0.2) is 4.98 Å². The highest BCUT2D eigenvalue weighted by Gasteiger charge is 2.07. The van der Waals surface area contributed by atoms with Crippen molar-refractivity contribution in [3.63, 3.8) is 0 Å². The van der Waals surface area contributed by atoms with Crippen molar-refractivity contribution in [3.8, 4) is 0 Å². The second-order valence-corrected chi connectivity index (χ2v) is 5.81. The number of hydrogen-bond acceptors (Lipinski definition) is 4. The normalized spacial score (nSPS) is 11.3. The topological polar surface area (TPSA) is 39.1 Å². The first-order valence-electron chi connectivity index (χ1n) is 7.03. The molecule has 0 aliphatic heterocycles. The first-order valence-corrected chi connectivity index (χ1v) is 7.91. The number of benzene rings is 1. The van der Waals surface area contributed by atoms with E-state index in [9.17, 15) is 0 Å². The van der Waals surface area contributed by atoms with Crippen LogP contribution < -0.4 is 5.32 Å². The number of methoxy groups -OCH3 is 1. The summed E-state index contributed by atoms with van der Waals surface area (Å²) >= 11 is 1.80. The average molecular weight is 301 g/mol. The first kappa shape index (κ1) is 14.3. The fourth-order valence-corrected chi connectivity index (χ4v) is 3.32. The Morgan fingerprint density at radius 1 is 1.33 bits per heavy atom. The predicted molar refractivity (Wildman–Crippen MR) is 86.7 cm³/mol. The van der Waals surface area contributed by atoms with Crippen LogP contribution in [0, 0.1) is 0 Å². The number of nitrogens with one attached hydrogen (secondary N) is 1. The summed E-state index contributed by atoms with van der Waals surface area (Å²) in [5.74, 6) is 1.06. The van der Waals surface area contributed by atoms with Crippen LogP contribution in [-0.2, 0) is 17.8 Å². The van der Waals surface area contributed by atoms with E-state index in [0.717, 1.165) is 32.1 Å². The SMILES string of the molecule is COCCNCc1nccn1Cc1csc2ccccc12. The van der Waals surface area contributed by atoms with Crippen LogP contribution in [0.15, 0.2) is 42.0 Å². The maximum absolute atomic E-state index is 5.04. The molecule has 4 nitrogen and oxygen atoms in total. The molecule has 2 heterocycles. The van der Waals surface area contributed by atoms with Gasteiger partial charge in [-0.2, -0.15) is 0 Å².